The number of benzene rings is 2. The van der Waals surface area contributed by atoms with Gasteiger partial charge in [-0.25, -0.2) is 9.97 Å². The van der Waals surface area contributed by atoms with Crippen LogP contribution in [0.25, 0.3) is 22.3 Å². The van der Waals surface area contributed by atoms with Crippen LogP contribution in [0.15, 0.2) is 48.5 Å². The standard InChI is InChI=1S/C21H18ClN5/c1-13-21(24-19-5-3-2-4-18(19)23-13)27-11-10-17-16(12-27)20(26-25-17)14-6-8-15(22)9-7-14/h2-9H,10-12H2,1H3,(H,25,26). The molecular weight excluding hydrogens is 358 g/mol. The van der Waals surface area contributed by atoms with E-state index < -0.39 is 0 Å². The second kappa shape index (κ2) is 6.35. The molecule has 1 N–H and O–H groups in total. The summed E-state index contributed by atoms with van der Waals surface area (Å²) >= 11 is 6.03. The minimum absolute atomic E-state index is 0.729. The van der Waals surface area contributed by atoms with E-state index in [1.165, 1.54) is 11.3 Å². The molecule has 1 aliphatic rings. The Morgan fingerprint density at radius 2 is 1.74 bits per heavy atom. The van der Waals surface area contributed by atoms with Crippen molar-refractivity contribution in [2.24, 2.45) is 0 Å². The van der Waals surface area contributed by atoms with Gasteiger partial charge >= 0.3 is 0 Å². The van der Waals surface area contributed by atoms with Crippen LogP contribution < -0.4 is 4.90 Å². The zero-order valence-electron chi connectivity index (χ0n) is 14.9. The predicted octanol–water partition coefficient (Wildman–Crippen LogP) is 4.54. The molecule has 1 aliphatic heterocycles. The molecule has 5 rings (SSSR count). The van der Waals surface area contributed by atoms with Gasteiger partial charge in [0.1, 0.15) is 0 Å². The lowest BCUT2D eigenvalue weighted by Gasteiger charge is -2.29. The number of aromatic amines is 1. The molecule has 0 fully saturated rings. The fourth-order valence-corrected chi connectivity index (χ4v) is 3.83. The molecule has 0 atom stereocenters. The monoisotopic (exact) mass is 375 g/mol. The van der Waals surface area contributed by atoms with Gasteiger partial charge in [0, 0.05) is 41.4 Å². The van der Waals surface area contributed by atoms with Crippen LogP contribution in [0.4, 0.5) is 5.82 Å². The Bertz CT molecular complexity index is 1130. The number of H-pyrrole nitrogens is 1. The number of rotatable bonds is 2. The molecule has 0 bridgehead atoms. The fourth-order valence-electron chi connectivity index (χ4n) is 3.70. The third-order valence-electron chi connectivity index (χ3n) is 5.07. The summed E-state index contributed by atoms with van der Waals surface area (Å²) in [5, 5.41) is 8.51. The third-order valence-corrected chi connectivity index (χ3v) is 5.32. The summed E-state index contributed by atoms with van der Waals surface area (Å²) in [7, 11) is 0. The van der Waals surface area contributed by atoms with E-state index in [4.69, 9.17) is 21.6 Å². The molecule has 0 saturated carbocycles. The number of nitrogens with zero attached hydrogens (tertiary/aromatic N) is 4. The molecule has 134 valence electrons. The van der Waals surface area contributed by atoms with Gasteiger partial charge in [-0.1, -0.05) is 35.9 Å². The van der Waals surface area contributed by atoms with E-state index in [1.807, 2.05) is 55.5 Å². The van der Waals surface area contributed by atoms with Crippen LogP contribution in [-0.4, -0.2) is 26.7 Å². The molecule has 0 amide bonds. The van der Waals surface area contributed by atoms with E-state index in [1.54, 1.807) is 0 Å². The van der Waals surface area contributed by atoms with Crippen molar-refractivity contribution < 1.29 is 0 Å². The maximum absolute atomic E-state index is 6.03. The first kappa shape index (κ1) is 16.3. The van der Waals surface area contributed by atoms with E-state index >= 15 is 0 Å². The maximum atomic E-state index is 6.03. The van der Waals surface area contributed by atoms with Crippen LogP contribution in [0.5, 0.6) is 0 Å². The molecule has 0 aliphatic carbocycles. The van der Waals surface area contributed by atoms with Crippen LogP contribution in [0, 0.1) is 6.92 Å². The third kappa shape index (κ3) is 2.84. The number of nitrogens with one attached hydrogen (secondary N) is 1. The van der Waals surface area contributed by atoms with Crippen LogP contribution in [0.2, 0.25) is 5.02 Å². The van der Waals surface area contributed by atoms with Gasteiger partial charge in [-0.05, 0) is 31.2 Å². The molecule has 5 nitrogen and oxygen atoms in total. The van der Waals surface area contributed by atoms with Gasteiger partial charge in [-0.2, -0.15) is 5.10 Å². The second-order valence-electron chi connectivity index (χ2n) is 6.83. The molecule has 27 heavy (non-hydrogen) atoms. The van der Waals surface area contributed by atoms with E-state index in [-0.39, 0.29) is 0 Å². The van der Waals surface area contributed by atoms with Crippen molar-refractivity contribution in [3.05, 3.63) is 70.5 Å². The number of hydrogen-bond donors (Lipinski definition) is 1. The molecule has 0 spiro atoms. The topological polar surface area (TPSA) is 57.7 Å². The molecule has 4 aromatic rings. The first-order valence-corrected chi connectivity index (χ1v) is 9.37. The minimum atomic E-state index is 0.729. The Kier molecular flexibility index (Phi) is 3.83. The second-order valence-corrected chi connectivity index (χ2v) is 7.27. The van der Waals surface area contributed by atoms with Crippen LogP contribution >= 0.6 is 11.6 Å². The van der Waals surface area contributed by atoms with Gasteiger partial charge < -0.3 is 4.90 Å². The SMILES string of the molecule is Cc1nc2ccccc2nc1N1CCc2[nH]nc(-c3ccc(Cl)cc3)c2C1. The van der Waals surface area contributed by atoms with Crippen molar-refractivity contribution in [1.82, 2.24) is 20.2 Å². The Hall–Kier alpha value is -2.92. The van der Waals surface area contributed by atoms with Gasteiger partial charge in [-0.3, -0.25) is 5.10 Å². The summed E-state index contributed by atoms with van der Waals surface area (Å²) in [6.07, 6.45) is 0.907. The highest BCUT2D eigenvalue weighted by Crippen LogP contribution is 2.32. The van der Waals surface area contributed by atoms with Gasteiger partial charge in [0.15, 0.2) is 5.82 Å². The highest BCUT2D eigenvalue weighted by Gasteiger charge is 2.25. The van der Waals surface area contributed by atoms with E-state index in [0.29, 0.717) is 0 Å². The van der Waals surface area contributed by atoms with Crippen molar-refractivity contribution in [3.8, 4) is 11.3 Å². The zero-order chi connectivity index (χ0) is 18.4. The molecule has 0 radical (unpaired) electrons. The molecule has 0 saturated heterocycles. The van der Waals surface area contributed by atoms with Crippen molar-refractivity contribution in [3.63, 3.8) is 0 Å². The maximum Gasteiger partial charge on any atom is 0.151 e. The average molecular weight is 376 g/mol. The number of hydrogen-bond acceptors (Lipinski definition) is 4. The zero-order valence-corrected chi connectivity index (χ0v) is 15.7. The Morgan fingerprint density at radius 3 is 2.52 bits per heavy atom. The summed E-state index contributed by atoms with van der Waals surface area (Å²) in [6.45, 7) is 3.68. The number of fused-ring (bicyclic) bond motifs is 2. The lowest BCUT2D eigenvalue weighted by atomic mass is 10.0. The van der Waals surface area contributed by atoms with Crippen molar-refractivity contribution >= 4 is 28.5 Å². The van der Waals surface area contributed by atoms with Crippen LogP contribution in [0.3, 0.4) is 0 Å². The molecule has 2 aromatic heterocycles. The number of aryl methyl sites for hydroxylation is 1. The van der Waals surface area contributed by atoms with Crippen molar-refractivity contribution in [1.29, 1.82) is 0 Å². The smallest absolute Gasteiger partial charge is 0.151 e. The van der Waals surface area contributed by atoms with Gasteiger partial charge in [0.05, 0.1) is 22.4 Å². The molecule has 3 heterocycles. The van der Waals surface area contributed by atoms with Gasteiger partial charge in [0.2, 0.25) is 0 Å². The Morgan fingerprint density at radius 1 is 1.00 bits per heavy atom. The highest BCUT2D eigenvalue weighted by molar-refractivity contribution is 6.30. The quantitative estimate of drug-likeness (QED) is 0.558. The normalized spacial score (nSPS) is 13.8. The molecular formula is C21H18ClN5. The fraction of sp³-hybridized carbons (Fsp3) is 0.190. The summed E-state index contributed by atoms with van der Waals surface area (Å²) in [6, 6.07) is 15.8. The molecule has 2 aromatic carbocycles. The van der Waals surface area contributed by atoms with Gasteiger partial charge in [0.25, 0.3) is 0 Å². The highest BCUT2D eigenvalue weighted by atomic mass is 35.5. The summed E-state index contributed by atoms with van der Waals surface area (Å²) in [4.78, 5) is 11.9. The van der Waals surface area contributed by atoms with Crippen LogP contribution in [-0.2, 0) is 13.0 Å². The summed E-state index contributed by atoms with van der Waals surface area (Å²) in [5.41, 5.74) is 7.28. The lowest BCUT2D eigenvalue weighted by molar-refractivity contribution is 0.708. The summed E-state index contributed by atoms with van der Waals surface area (Å²) < 4.78 is 0. The van der Waals surface area contributed by atoms with Gasteiger partial charge in [-0.15, -0.1) is 0 Å². The first-order chi connectivity index (χ1) is 13.2. The molecule has 0 unspecified atom stereocenters. The van der Waals surface area contributed by atoms with Crippen molar-refractivity contribution in [2.75, 3.05) is 11.4 Å². The molecule has 6 heteroatoms. The predicted molar refractivity (Wildman–Crippen MR) is 108 cm³/mol. The van der Waals surface area contributed by atoms with E-state index in [2.05, 4.69) is 15.1 Å². The van der Waals surface area contributed by atoms with E-state index in [9.17, 15) is 0 Å². The van der Waals surface area contributed by atoms with E-state index in [0.717, 1.165) is 58.3 Å². The average Bonchev–Trinajstić information content (AvgIpc) is 3.11. The largest absolute Gasteiger partial charge is 0.350 e. The Labute approximate surface area is 162 Å². The number of halogens is 1. The van der Waals surface area contributed by atoms with Crippen molar-refractivity contribution in [2.45, 2.75) is 19.9 Å². The number of para-hydroxylation sites is 2. The number of anilines is 1. The van der Waals surface area contributed by atoms with Crippen LogP contribution in [0.1, 0.15) is 17.0 Å². The Balaban J connectivity index is 1.54. The summed E-state index contributed by atoms with van der Waals surface area (Å²) in [5.74, 6) is 0.947. The number of aromatic nitrogens is 4. The first-order valence-electron chi connectivity index (χ1n) is 8.99. The minimum Gasteiger partial charge on any atom is -0.350 e. The lowest BCUT2D eigenvalue weighted by Crippen LogP contribution is -2.31.